The molecule has 0 unspecified atom stereocenters. The second-order valence-electron chi connectivity index (χ2n) is 6.30. The molecule has 0 aliphatic heterocycles. The Morgan fingerprint density at radius 3 is 1.55 bits per heavy atom. The van der Waals surface area contributed by atoms with Gasteiger partial charge in [0.25, 0.3) is 20.2 Å². The fourth-order valence-corrected chi connectivity index (χ4v) is 6.67. The molecule has 0 saturated heterocycles. The highest BCUT2D eigenvalue weighted by Crippen LogP contribution is 2.40. The summed E-state index contributed by atoms with van der Waals surface area (Å²) in [5.74, 6) is 0. The van der Waals surface area contributed by atoms with Gasteiger partial charge in [-0.15, -0.1) is 0 Å². The monoisotopic (exact) mass is 490 g/mol. The van der Waals surface area contributed by atoms with Crippen LogP contribution in [0.3, 0.4) is 0 Å². The second-order valence-corrected chi connectivity index (χ2v) is 11.3. The predicted molar refractivity (Wildman–Crippen MR) is 110 cm³/mol. The van der Waals surface area contributed by atoms with Crippen LogP contribution in [0.4, 0.5) is 13.2 Å². The van der Waals surface area contributed by atoms with Gasteiger partial charge < -0.3 is 0 Å². The topological polar surface area (TPSA) is 109 Å². The van der Waals surface area contributed by atoms with Gasteiger partial charge in [0.1, 0.15) is 0 Å². The number of hydrogen-bond donors (Lipinski definition) is 2. The number of halogens is 3. The molecule has 0 saturated carbocycles. The van der Waals surface area contributed by atoms with E-state index in [1.165, 1.54) is 42.5 Å². The van der Waals surface area contributed by atoms with E-state index in [9.17, 15) is 39.1 Å². The zero-order valence-electron chi connectivity index (χ0n) is 15.4. The summed E-state index contributed by atoms with van der Waals surface area (Å²) in [6, 6.07) is 14.2. The highest BCUT2D eigenvalue weighted by atomic mass is 32.2. The van der Waals surface area contributed by atoms with Crippen molar-refractivity contribution in [2.45, 2.75) is 16.0 Å². The number of alkyl halides is 3. The van der Waals surface area contributed by atoms with Crippen molar-refractivity contribution >= 4 is 44.1 Å². The minimum atomic E-state index is -4.74. The van der Waals surface area contributed by atoms with E-state index >= 15 is 0 Å². The lowest BCUT2D eigenvalue weighted by Crippen LogP contribution is -2.27. The van der Waals surface area contributed by atoms with E-state index in [1.807, 2.05) is 0 Å². The molecule has 0 amide bonds. The van der Waals surface area contributed by atoms with E-state index in [4.69, 9.17) is 0 Å². The molecule has 0 aromatic heterocycles. The smallest absolute Gasteiger partial charge is 0.282 e. The molecule has 0 spiro atoms. The van der Waals surface area contributed by atoms with Crippen LogP contribution in [-0.2, 0) is 26.4 Å². The Morgan fingerprint density at radius 2 is 1.13 bits per heavy atom. The number of rotatable bonds is 5. The highest BCUT2D eigenvalue weighted by Gasteiger charge is 2.36. The predicted octanol–water partition coefficient (Wildman–Crippen LogP) is 2.96. The fourth-order valence-electron chi connectivity index (χ4n) is 2.90. The standard InChI is InChI=1S/C19H14F3O6PS2/c20-19(21,22)17-9-1-2-10-18(17)29(13-5-3-7-15(11-13)30(23,24)25)14-6-4-8-16(12-14)31(26,27)28/h1-12H,(H,23,24,25)(H,26,27,28). The average molecular weight is 490 g/mol. The fraction of sp³-hybridized carbons (Fsp3) is 0.0526. The van der Waals surface area contributed by atoms with Crippen LogP contribution in [0.5, 0.6) is 0 Å². The van der Waals surface area contributed by atoms with Crippen LogP contribution < -0.4 is 15.9 Å². The minimum absolute atomic E-state index is 0.120. The van der Waals surface area contributed by atoms with E-state index in [1.54, 1.807) is 0 Å². The summed E-state index contributed by atoms with van der Waals surface area (Å²) in [6.07, 6.45) is -4.74. The van der Waals surface area contributed by atoms with Crippen molar-refractivity contribution < 1.29 is 39.1 Å². The molecule has 0 aliphatic carbocycles. The van der Waals surface area contributed by atoms with Crippen LogP contribution in [0.1, 0.15) is 5.56 Å². The van der Waals surface area contributed by atoms with Crippen LogP contribution in [0.25, 0.3) is 0 Å². The summed E-state index contributed by atoms with van der Waals surface area (Å²) >= 11 is 0. The van der Waals surface area contributed by atoms with Gasteiger partial charge in [-0.1, -0.05) is 42.5 Å². The lowest BCUT2D eigenvalue weighted by Gasteiger charge is -2.23. The molecule has 6 nitrogen and oxygen atoms in total. The normalized spacial score (nSPS) is 12.8. The lowest BCUT2D eigenvalue weighted by molar-refractivity contribution is -0.136. The lowest BCUT2D eigenvalue weighted by atomic mass is 10.2. The van der Waals surface area contributed by atoms with Crippen LogP contribution in [0, 0.1) is 0 Å². The van der Waals surface area contributed by atoms with Crippen molar-refractivity contribution in [1.29, 1.82) is 0 Å². The minimum Gasteiger partial charge on any atom is -0.282 e. The molecule has 3 aromatic rings. The summed E-state index contributed by atoms with van der Waals surface area (Å²) in [7, 11) is -11.4. The van der Waals surface area contributed by atoms with Gasteiger partial charge in [-0.2, -0.15) is 30.0 Å². The van der Waals surface area contributed by atoms with Gasteiger partial charge in [0.15, 0.2) is 0 Å². The van der Waals surface area contributed by atoms with Crippen molar-refractivity contribution in [3.05, 3.63) is 78.4 Å². The first-order chi connectivity index (χ1) is 14.3. The summed E-state index contributed by atoms with van der Waals surface area (Å²) in [4.78, 5) is -1.04. The summed E-state index contributed by atoms with van der Waals surface area (Å²) in [5, 5.41) is 0.0357. The molecule has 12 heteroatoms. The van der Waals surface area contributed by atoms with E-state index in [0.29, 0.717) is 0 Å². The summed E-state index contributed by atoms with van der Waals surface area (Å²) in [6.45, 7) is 0. The molecule has 0 radical (unpaired) electrons. The largest absolute Gasteiger partial charge is 0.417 e. The molecule has 0 heterocycles. The Kier molecular flexibility index (Phi) is 6.28. The van der Waals surface area contributed by atoms with Gasteiger partial charge in [0, 0.05) is 0 Å². The molecule has 3 rings (SSSR count). The van der Waals surface area contributed by atoms with Gasteiger partial charge in [-0.05, 0) is 54.2 Å². The Hall–Kier alpha value is -2.30. The van der Waals surface area contributed by atoms with Gasteiger partial charge in [0.2, 0.25) is 0 Å². The molecule has 0 fully saturated rings. The van der Waals surface area contributed by atoms with Crippen molar-refractivity contribution in [1.82, 2.24) is 0 Å². The number of benzene rings is 3. The summed E-state index contributed by atoms with van der Waals surface area (Å²) < 4.78 is 106. The van der Waals surface area contributed by atoms with Crippen LogP contribution in [-0.4, -0.2) is 25.9 Å². The first-order valence-corrected chi connectivity index (χ1v) is 12.6. The van der Waals surface area contributed by atoms with Crippen molar-refractivity contribution in [3.8, 4) is 0 Å². The first-order valence-electron chi connectivity index (χ1n) is 8.40. The Morgan fingerprint density at radius 1 is 0.677 bits per heavy atom. The van der Waals surface area contributed by atoms with Crippen LogP contribution >= 0.6 is 7.92 Å². The molecular formula is C19H14F3O6PS2. The van der Waals surface area contributed by atoms with Gasteiger partial charge >= 0.3 is 6.18 Å². The average Bonchev–Trinajstić information content (AvgIpc) is 2.67. The molecule has 3 aromatic carbocycles. The SMILES string of the molecule is O=S(=O)(O)c1cccc(P(c2cccc(S(=O)(=O)O)c2)c2ccccc2C(F)(F)F)c1. The highest BCUT2D eigenvalue weighted by molar-refractivity contribution is 7.86. The van der Waals surface area contributed by atoms with Gasteiger partial charge in [-0.25, -0.2) is 0 Å². The molecule has 0 atom stereocenters. The van der Waals surface area contributed by atoms with Crippen molar-refractivity contribution in [3.63, 3.8) is 0 Å². The van der Waals surface area contributed by atoms with E-state index < -0.39 is 49.7 Å². The van der Waals surface area contributed by atoms with E-state index in [2.05, 4.69) is 0 Å². The zero-order valence-corrected chi connectivity index (χ0v) is 17.9. The third kappa shape index (κ3) is 5.31. The third-order valence-electron chi connectivity index (χ3n) is 4.20. The molecular weight excluding hydrogens is 476 g/mol. The van der Waals surface area contributed by atoms with Crippen LogP contribution in [0.2, 0.25) is 0 Å². The first kappa shape index (κ1) is 23.4. The van der Waals surface area contributed by atoms with Gasteiger partial charge in [0.05, 0.1) is 15.4 Å². The van der Waals surface area contributed by atoms with E-state index in [-0.39, 0.29) is 15.9 Å². The Bertz CT molecular complexity index is 1260. The quantitative estimate of drug-likeness (QED) is 0.421. The molecule has 0 bridgehead atoms. The molecule has 0 aliphatic rings. The summed E-state index contributed by atoms with van der Waals surface area (Å²) in [5.41, 5.74) is -0.976. The maximum absolute atomic E-state index is 13.7. The van der Waals surface area contributed by atoms with Crippen molar-refractivity contribution in [2.24, 2.45) is 0 Å². The molecule has 164 valence electrons. The van der Waals surface area contributed by atoms with Crippen molar-refractivity contribution in [2.75, 3.05) is 0 Å². The maximum atomic E-state index is 13.7. The van der Waals surface area contributed by atoms with E-state index in [0.717, 1.165) is 30.3 Å². The Labute approximate surface area is 177 Å². The molecule has 2 N–H and O–H groups in total. The second kappa shape index (κ2) is 8.33. The van der Waals surface area contributed by atoms with Crippen LogP contribution in [0.15, 0.2) is 82.6 Å². The van der Waals surface area contributed by atoms with Gasteiger partial charge in [-0.3, -0.25) is 9.11 Å². The third-order valence-corrected chi connectivity index (χ3v) is 8.36. The Balaban J connectivity index is 2.35. The zero-order chi connectivity index (χ0) is 23.0. The molecule has 31 heavy (non-hydrogen) atoms. The maximum Gasteiger partial charge on any atom is 0.417 e. The number of hydrogen-bond acceptors (Lipinski definition) is 4.